The van der Waals surface area contributed by atoms with Gasteiger partial charge in [-0.05, 0) is 12.5 Å². The van der Waals surface area contributed by atoms with E-state index in [0.717, 1.165) is 0 Å². The highest BCUT2D eigenvalue weighted by molar-refractivity contribution is 5.63. The number of halogens is 2. The zero-order valence-corrected chi connectivity index (χ0v) is 7.23. The lowest BCUT2D eigenvalue weighted by molar-refractivity contribution is 0.508. The summed E-state index contributed by atoms with van der Waals surface area (Å²) in [5.41, 5.74) is 4.01. The molecule has 0 aliphatic carbocycles. The lowest BCUT2D eigenvalue weighted by atomic mass is 10.0. The van der Waals surface area contributed by atoms with Crippen LogP contribution in [0.15, 0.2) is 0 Å². The van der Waals surface area contributed by atoms with Gasteiger partial charge in [-0.1, -0.05) is 0 Å². The molecule has 0 heterocycles. The van der Waals surface area contributed by atoms with Crippen LogP contribution in [0.1, 0.15) is 16.7 Å². The molecule has 1 aromatic rings. The van der Waals surface area contributed by atoms with E-state index in [2.05, 4.69) is 0 Å². The van der Waals surface area contributed by atoms with Crippen LogP contribution in [0, 0.1) is 41.2 Å². The first-order valence-electron chi connectivity index (χ1n) is 3.61. The zero-order valence-electron chi connectivity index (χ0n) is 7.23. The highest BCUT2D eigenvalue weighted by Gasteiger charge is 2.20. The normalized spacial score (nSPS) is 9.21. The van der Waals surface area contributed by atoms with Crippen LogP contribution in [0.25, 0.3) is 0 Å². The van der Waals surface area contributed by atoms with Crippen LogP contribution >= 0.6 is 0 Å². The van der Waals surface area contributed by atoms with Gasteiger partial charge in [0.05, 0.1) is 16.8 Å². The molecule has 0 atom stereocenters. The maximum Gasteiger partial charge on any atom is 0.184 e. The van der Waals surface area contributed by atoms with Crippen LogP contribution in [0.3, 0.4) is 0 Å². The van der Waals surface area contributed by atoms with E-state index >= 15 is 0 Å². The van der Waals surface area contributed by atoms with E-state index in [9.17, 15) is 8.78 Å². The number of nitrogens with two attached hydrogens (primary N) is 1. The van der Waals surface area contributed by atoms with Gasteiger partial charge in [-0.15, -0.1) is 0 Å². The first kappa shape index (κ1) is 9.94. The second kappa shape index (κ2) is 3.31. The van der Waals surface area contributed by atoms with Gasteiger partial charge in [0.2, 0.25) is 0 Å². The second-order valence-corrected chi connectivity index (χ2v) is 2.64. The Morgan fingerprint density at radius 3 is 2.00 bits per heavy atom. The van der Waals surface area contributed by atoms with Crippen molar-refractivity contribution in [3.63, 3.8) is 0 Å². The van der Waals surface area contributed by atoms with Crippen molar-refractivity contribution in [2.24, 2.45) is 0 Å². The van der Waals surface area contributed by atoms with Crippen molar-refractivity contribution in [3.8, 4) is 12.1 Å². The molecular weight excluding hydrogens is 188 g/mol. The monoisotopic (exact) mass is 193 g/mol. The smallest absolute Gasteiger partial charge is 0.184 e. The quantitative estimate of drug-likeness (QED) is 0.636. The number of nitrogen functional groups attached to an aromatic ring is 1. The predicted molar refractivity (Wildman–Crippen MR) is 44.9 cm³/mol. The van der Waals surface area contributed by atoms with Crippen molar-refractivity contribution < 1.29 is 8.78 Å². The minimum absolute atomic E-state index is 0.0615. The van der Waals surface area contributed by atoms with E-state index in [4.69, 9.17) is 16.3 Å². The van der Waals surface area contributed by atoms with Gasteiger partial charge in [-0.2, -0.15) is 10.5 Å². The fourth-order valence-electron chi connectivity index (χ4n) is 1.11. The summed E-state index contributed by atoms with van der Waals surface area (Å²) in [5, 5.41) is 17.1. The van der Waals surface area contributed by atoms with Crippen molar-refractivity contribution in [1.82, 2.24) is 0 Å². The van der Waals surface area contributed by atoms with Gasteiger partial charge in [0.1, 0.15) is 12.1 Å². The summed E-state index contributed by atoms with van der Waals surface area (Å²) in [6.45, 7) is 1.34. The van der Waals surface area contributed by atoms with Crippen molar-refractivity contribution in [3.05, 3.63) is 28.3 Å². The molecule has 14 heavy (non-hydrogen) atoms. The van der Waals surface area contributed by atoms with Crippen LogP contribution in [-0.2, 0) is 0 Å². The van der Waals surface area contributed by atoms with E-state index in [1.165, 1.54) is 13.0 Å². The Morgan fingerprint density at radius 2 is 1.57 bits per heavy atom. The van der Waals surface area contributed by atoms with Gasteiger partial charge in [-0.3, -0.25) is 0 Å². The molecule has 0 saturated carbocycles. The summed E-state index contributed by atoms with van der Waals surface area (Å²) in [6.07, 6.45) is 0. The molecule has 0 radical (unpaired) electrons. The number of benzene rings is 1. The molecule has 0 saturated heterocycles. The molecule has 5 heteroatoms. The van der Waals surface area contributed by atoms with Gasteiger partial charge < -0.3 is 5.73 Å². The predicted octanol–water partition coefficient (Wildman–Crippen LogP) is 1.60. The van der Waals surface area contributed by atoms with E-state index in [1.807, 2.05) is 0 Å². The Balaban J connectivity index is 3.78. The Hall–Kier alpha value is -2.14. The first-order valence-corrected chi connectivity index (χ1v) is 3.61. The van der Waals surface area contributed by atoms with Crippen molar-refractivity contribution in [1.29, 1.82) is 10.5 Å². The zero-order chi connectivity index (χ0) is 10.9. The van der Waals surface area contributed by atoms with Gasteiger partial charge >= 0.3 is 0 Å². The Labute approximate surface area is 79.0 Å². The topological polar surface area (TPSA) is 73.6 Å². The van der Waals surface area contributed by atoms with Crippen LogP contribution < -0.4 is 5.73 Å². The number of rotatable bonds is 0. The van der Waals surface area contributed by atoms with E-state index in [1.54, 1.807) is 6.07 Å². The summed E-state index contributed by atoms with van der Waals surface area (Å²) >= 11 is 0. The molecular formula is C9H5F2N3. The molecule has 3 nitrogen and oxygen atoms in total. The molecule has 1 rings (SSSR count). The van der Waals surface area contributed by atoms with E-state index in [-0.39, 0.29) is 11.1 Å². The number of nitrogens with zero attached hydrogens (tertiary/aromatic N) is 2. The lowest BCUT2D eigenvalue weighted by Crippen LogP contribution is -2.04. The molecule has 0 fully saturated rings. The molecule has 0 amide bonds. The third kappa shape index (κ3) is 1.16. The molecule has 0 aliphatic rings. The van der Waals surface area contributed by atoms with Gasteiger partial charge in [0, 0.05) is 0 Å². The molecule has 0 aromatic heterocycles. The maximum atomic E-state index is 13.1. The lowest BCUT2D eigenvalue weighted by Gasteiger charge is -2.06. The fraction of sp³-hybridized carbons (Fsp3) is 0.111. The molecule has 1 aromatic carbocycles. The number of hydrogen-bond acceptors (Lipinski definition) is 3. The van der Waals surface area contributed by atoms with Gasteiger partial charge in [0.25, 0.3) is 0 Å². The molecule has 0 spiro atoms. The highest BCUT2D eigenvalue weighted by Crippen LogP contribution is 2.26. The van der Waals surface area contributed by atoms with Crippen LogP contribution in [0.2, 0.25) is 0 Å². The Bertz CT molecular complexity index is 439. The largest absolute Gasteiger partial charge is 0.395 e. The third-order valence-electron chi connectivity index (χ3n) is 1.89. The summed E-state index contributed by atoms with van der Waals surface area (Å²) in [6, 6.07) is 3.11. The summed E-state index contributed by atoms with van der Waals surface area (Å²) in [4.78, 5) is 0. The van der Waals surface area contributed by atoms with Gasteiger partial charge in [-0.25, -0.2) is 8.78 Å². The number of anilines is 1. The number of nitriles is 2. The van der Waals surface area contributed by atoms with Crippen molar-refractivity contribution in [2.75, 3.05) is 5.73 Å². The number of hydrogen-bond donors (Lipinski definition) is 1. The maximum absolute atomic E-state index is 13.1. The highest BCUT2D eigenvalue weighted by atomic mass is 19.2. The van der Waals surface area contributed by atoms with Crippen LogP contribution in [0.5, 0.6) is 0 Å². The molecule has 0 aliphatic heterocycles. The SMILES string of the molecule is Cc1c(C#N)c(N)c(F)c(F)c1C#N. The second-order valence-electron chi connectivity index (χ2n) is 2.64. The van der Waals surface area contributed by atoms with Gasteiger partial charge in [0.15, 0.2) is 11.6 Å². The molecule has 0 unspecified atom stereocenters. The minimum atomic E-state index is -1.34. The first-order chi connectivity index (χ1) is 6.54. The Morgan fingerprint density at radius 1 is 1.07 bits per heavy atom. The minimum Gasteiger partial charge on any atom is -0.395 e. The standard InChI is InChI=1S/C9H5F2N3/c1-4-5(2-12)7(10)8(11)9(14)6(4)3-13/h14H2,1H3. The van der Waals surface area contributed by atoms with E-state index < -0.39 is 22.9 Å². The Kier molecular flexibility index (Phi) is 2.35. The third-order valence-corrected chi connectivity index (χ3v) is 1.89. The molecule has 0 bridgehead atoms. The van der Waals surface area contributed by atoms with Crippen molar-refractivity contribution in [2.45, 2.75) is 6.92 Å². The van der Waals surface area contributed by atoms with E-state index in [0.29, 0.717) is 0 Å². The average molecular weight is 193 g/mol. The summed E-state index contributed by atoms with van der Waals surface area (Å²) in [5.74, 6) is -2.65. The van der Waals surface area contributed by atoms with Crippen LogP contribution in [-0.4, -0.2) is 0 Å². The molecule has 70 valence electrons. The summed E-state index contributed by atoms with van der Waals surface area (Å²) in [7, 11) is 0. The summed E-state index contributed by atoms with van der Waals surface area (Å²) < 4.78 is 26.1. The average Bonchev–Trinajstić information content (AvgIpc) is 2.16. The molecule has 2 N–H and O–H groups in total. The fourth-order valence-corrected chi connectivity index (χ4v) is 1.11. The van der Waals surface area contributed by atoms with Crippen LogP contribution in [0.4, 0.5) is 14.5 Å². The van der Waals surface area contributed by atoms with Crippen molar-refractivity contribution >= 4 is 5.69 Å².